The van der Waals surface area contributed by atoms with Gasteiger partial charge in [0.15, 0.2) is 0 Å². The second-order valence-corrected chi connectivity index (χ2v) is 8.82. The minimum Gasteiger partial charge on any atom is -0.0622 e. The third-order valence-electron chi connectivity index (χ3n) is 6.74. The lowest BCUT2D eigenvalue weighted by molar-refractivity contribution is 0.848. The summed E-state index contributed by atoms with van der Waals surface area (Å²) in [7, 11) is 0. The van der Waals surface area contributed by atoms with E-state index in [1.807, 2.05) is 0 Å². The van der Waals surface area contributed by atoms with Crippen molar-refractivity contribution >= 4 is 11.1 Å². The van der Waals surface area contributed by atoms with Gasteiger partial charge in [-0.15, -0.1) is 0 Å². The van der Waals surface area contributed by atoms with Crippen LogP contribution in [0.15, 0.2) is 109 Å². The average Bonchev–Trinajstić information content (AvgIpc) is 3.30. The van der Waals surface area contributed by atoms with E-state index in [1.165, 1.54) is 55.7 Å². The summed E-state index contributed by atoms with van der Waals surface area (Å²) in [6, 6.07) is 35.5. The molecule has 0 N–H and O–H groups in total. The number of rotatable bonds is 2. The Bertz CT molecular complexity index is 1370. The summed E-state index contributed by atoms with van der Waals surface area (Å²) < 4.78 is 0. The Kier molecular flexibility index (Phi) is 3.91. The van der Waals surface area contributed by atoms with Crippen molar-refractivity contribution in [2.75, 3.05) is 0 Å². The van der Waals surface area contributed by atoms with Gasteiger partial charge < -0.3 is 0 Å². The summed E-state index contributed by atoms with van der Waals surface area (Å²) >= 11 is 0. The molecule has 1 atom stereocenters. The van der Waals surface area contributed by atoms with Crippen molar-refractivity contribution in [1.82, 2.24) is 0 Å². The SMILES string of the molecule is Cc1ccc2c(c1)C(c1ccccc1)=CC21C=C(c2ccccc2)c2ccc(C)cc21. The van der Waals surface area contributed by atoms with Crippen LogP contribution >= 0.6 is 0 Å². The summed E-state index contributed by atoms with van der Waals surface area (Å²) in [6.07, 6.45) is 5.00. The van der Waals surface area contributed by atoms with E-state index in [2.05, 4.69) is 123 Å². The van der Waals surface area contributed by atoms with Crippen molar-refractivity contribution < 1.29 is 0 Å². The van der Waals surface area contributed by atoms with Gasteiger partial charge >= 0.3 is 0 Å². The molecule has 6 rings (SSSR count). The van der Waals surface area contributed by atoms with Crippen LogP contribution in [0.1, 0.15) is 44.5 Å². The molecule has 0 amide bonds. The maximum Gasteiger partial charge on any atom is 0.0593 e. The van der Waals surface area contributed by atoms with Gasteiger partial charge in [0, 0.05) is 0 Å². The first-order valence-electron chi connectivity index (χ1n) is 11.0. The minimum absolute atomic E-state index is 0.235. The van der Waals surface area contributed by atoms with E-state index in [0.717, 1.165) is 0 Å². The second-order valence-electron chi connectivity index (χ2n) is 8.82. The van der Waals surface area contributed by atoms with E-state index in [9.17, 15) is 0 Å². The summed E-state index contributed by atoms with van der Waals surface area (Å²) in [4.78, 5) is 0. The molecule has 0 radical (unpaired) electrons. The maximum atomic E-state index is 2.50. The molecule has 1 unspecified atom stereocenters. The first kappa shape index (κ1) is 18.2. The molecule has 31 heavy (non-hydrogen) atoms. The summed E-state index contributed by atoms with van der Waals surface area (Å²) in [6.45, 7) is 4.38. The van der Waals surface area contributed by atoms with Gasteiger partial charge in [0.1, 0.15) is 0 Å². The fourth-order valence-electron chi connectivity index (χ4n) is 5.30. The van der Waals surface area contributed by atoms with Crippen LogP contribution in [-0.4, -0.2) is 0 Å². The van der Waals surface area contributed by atoms with E-state index in [1.54, 1.807) is 0 Å². The normalized spacial score (nSPS) is 18.5. The molecule has 0 aromatic heterocycles. The van der Waals surface area contributed by atoms with Gasteiger partial charge in [-0.3, -0.25) is 0 Å². The van der Waals surface area contributed by atoms with Crippen LogP contribution in [0.4, 0.5) is 0 Å². The highest BCUT2D eigenvalue weighted by atomic mass is 14.5. The zero-order chi connectivity index (χ0) is 21.0. The topological polar surface area (TPSA) is 0 Å². The van der Waals surface area contributed by atoms with Gasteiger partial charge in [0.05, 0.1) is 5.41 Å². The summed E-state index contributed by atoms with van der Waals surface area (Å²) in [5.41, 5.74) is 13.0. The third kappa shape index (κ3) is 2.68. The molecule has 2 aliphatic carbocycles. The standard InChI is InChI=1S/C31H24/c1-21-14-16-29-26(17-21)28(24-11-7-4-8-12-24)20-31(29)19-27(23-9-5-3-6-10-23)25-15-13-22(2)18-30(25)31/h3-20H,1-2H3. The van der Waals surface area contributed by atoms with Crippen molar-refractivity contribution in [3.63, 3.8) is 0 Å². The molecule has 4 aromatic carbocycles. The molecule has 0 bridgehead atoms. The van der Waals surface area contributed by atoms with Crippen LogP contribution in [0.5, 0.6) is 0 Å². The lowest BCUT2D eigenvalue weighted by Gasteiger charge is -2.24. The van der Waals surface area contributed by atoms with Gasteiger partial charge in [0.2, 0.25) is 0 Å². The molecule has 4 aromatic rings. The molecule has 0 heteroatoms. The zero-order valence-electron chi connectivity index (χ0n) is 17.9. The third-order valence-corrected chi connectivity index (χ3v) is 6.74. The number of benzene rings is 4. The molecular weight excluding hydrogens is 372 g/mol. The highest BCUT2D eigenvalue weighted by Gasteiger charge is 2.44. The van der Waals surface area contributed by atoms with E-state index in [-0.39, 0.29) is 5.41 Å². The molecule has 0 heterocycles. The Labute approximate surface area is 184 Å². The van der Waals surface area contributed by atoms with E-state index in [4.69, 9.17) is 0 Å². The number of hydrogen-bond acceptors (Lipinski definition) is 0. The lowest BCUT2D eigenvalue weighted by atomic mass is 9.77. The number of allylic oxidation sites excluding steroid dienone is 2. The molecule has 0 saturated heterocycles. The monoisotopic (exact) mass is 396 g/mol. The Morgan fingerprint density at radius 3 is 1.68 bits per heavy atom. The van der Waals surface area contributed by atoms with Crippen LogP contribution in [0.25, 0.3) is 11.1 Å². The van der Waals surface area contributed by atoms with Gasteiger partial charge in [-0.2, -0.15) is 0 Å². The fraction of sp³-hybridized carbons (Fsp3) is 0.0968. The molecule has 0 saturated carbocycles. The first-order chi connectivity index (χ1) is 15.2. The summed E-state index contributed by atoms with van der Waals surface area (Å²) in [5, 5.41) is 0. The Morgan fingerprint density at radius 1 is 0.484 bits per heavy atom. The molecular formula is C31H24. The quantitative estimate of drug-likeness (QED) is 0.329. The zero-order valence-corrected chi connectivity index (χ0v) is 17.9. The van der Waals surface area contributed by atoms with Crippen molar-refractivity contribution in [3.05, 3.63) is 154 Å². The van der Waals surface area contributed by atoms with Crippen molar-refractivity contribution in [1.29, 1.82) is 0 Å². The lowest BCUT2D eigenvalue weighted by Crippen LogP contribution is -2.18. The highest BCUT2D eigenvalue weighted by molar-refractivity contribution is 5.96. The van der Waals surface area contributed by atoms with Crippen LogP contribution in [0.3, 0.4) is 0 Å². The predicted octanol–water partition coefficient (Wildman–Crippen LogP) is 7.48. The smallest absolute Gasteiger partial charge is 0.0593 e. The number of aryl methyl sites for hydroxylation is 2. The summed E-state index contributed by atoms with van der Waals surface area (Å²) in [5.74, 6) is 0. The fourth-order valence-corrected chi connectivity index (χ4v) is 5.30. The van der Waals surface area contributed by atoms with Gasteiger partial charge in [0.25, 0.3) is 0 Å². The molecule has 0 aliphatic heterocycles. The average molecular weight is 397 g/mol. The van der Waals surface area contributed by atoms with Crippen LogP contribution in [0, 0.1) is 13.8 Å². The van der Waals surface area contributed by atoms with Gasteiger partial charge in [-0.1, -0.05) is 120 Å². The predicted molar refractivity (Wildman–Crippen MR) is 130 cm³/mol. The minimum atomic E-state index is -0.235. The molecule has 0 fully saturated rings. The first-order valence-corrected chi connectivity index (χ1v) is 11.0. The van der Waals surface area contributed by atoms with Crippen molar-refractivity contribution in [2.24, 2.45) is 0 Å². The van der Waals surface area contributed by atoms with Crippen molar-refractivity contribution in [3.8, 4) is 0 Å². The van der Waals surface area contributed by atoms with Gasteiger partial charge in [-0.25, -0.2) is 0 Å². The van der Waals surface area contributed by atoms with Gasteiger partial charge in [-0.05, 0) is 58.4 Å². The largest absolute Gasteiger partial charge is 0.0622 e. The number of hydrogen-bond donors (Lipinski definition) is 0. The second kappa shape index (κ2) is 6.68. The van der Waals surface area contributed by atoms with E-state index in [0.29, 0.717) is 0 Å². The van der Waals surface area contributed by atoms with Crippen LogP contribution in [-0.2, 0) is 5.41 Å². The molecule has 2 aliphatic rings. The van der Waals surface area contributed by atoms with Crippen LogP contribution < -0.4 is 0 Å². The Hall–Kier alpha value is -3.64. The molecule has 0 nitrogen and oxygen atoms in total. The maximum absolute atomic E-state index is 2.50. The molecule has 148 valence electrons. The Morgan fingerprint density at radius 2 is 1.03 bits per heavy atom. The van der Waals surface area contributed by atoms with E-state index < -0.39 is 0 Å². The van der Waals surface area contributed by atoms with Crippen molar-refractivity contribution in [2.45, 2.75) is 19.3 Å². The Balaban J connectivity index is 1.69. The van der Waals surface area contributed by atoms with Crippen LogP contribution in [0.2, 0.25) is 0 Å². The van der Waals surface area contributed by atoms with E-state index >= 15 is 0 Å². The highest BCUT2D eigenvalue weighted by Crippen LogP contribution is 2.55. The molecule has 1 spiro atoms. The number of fused-ring (bicyclic) bond motifs is 4.